The number of aromatic carboxylic acids is 1. The first kappa shape index (κ1) is 13.2. The number of benzene rings is 1. The number of carbonyl (C=O) groups excluding carboxylic acids is 3. The second-order valence-corrected chi connectivity index (χ2v) is 6.47. The third-order valence-corrected chi connectivity index (χ3v) is 5.45. The number of anilines is 1. The highest BCUT2D eigenvalue weighted by atomic mass is 16.4. The van der Waals surface area contributed by atoms with Crippen molar-refractivity contribution in [2.24, 2.45) is 23.2 Å². The van der Waals surface area contributed by atoms with E-state index < -0.39 is 11.4 Å². The Kier molecular flexibility index (Phi) is 2.45. The molecule has 1 aliphatic heterocycles. The molecule has 4 rings (SSSR count). The van der Waals surface area contributed by atoms with Crippen LogP contribution in [0.25, 0.3) is 0 Å². The van der Waals surface area contributed by atoms with Gasteiger partial charge in [-0.3, -0.25) is 9.59 Å². The maximum atomic E-state index is 12.9. The van der Waals surface area contributed by atoms with Crippen molar-refractivity contribution in [3.63, 3.8) is 0 Å². The molecule has 0 radical (unpaired) electrons. The molecule has 0 unspecified atom stereocenters. The van der Waals surface area contributed by atoms with Crippen LogP contribution in [-0.2, 0) is 9.59 Å². The fraction of sp³-hybridized carbons (Fsp3) is 0.353. The molecular weight excluding hydrogens is 282 g/mol. The Hall–Kier alpha value is -2.43. The lowest BCUT2D eigenvalue weighted by Gasteiger charge is -2.28. The summed E-state index contributed by atoms with van der Waals surface area (Å²) in [5.41, 5.74) is -0.429. The molecule has 2 bridgehead atoms. The van der Waals surface area contributed by atoms with Crippen molar-refractivity contribution in [3.05, 3.63) is 42.0 Å². The number of hydrogen-bond donors (Lipinski definition) is 0. The molecule has 0 aromatic heterocycles. The van der Waals surface area contributed by atoms with Crippen LogP contribution in [-0.4, -0.2) is 17.8 Å². The molecule has 1 heterocycles. The molecule has 2 aliphatic carbocycles. The molecule has 5 heteroatoms. The summed E-state index contributed by atoms with van der Waals surface area (Å²) < 4.78 is 0. The van der Waals surface area contributed by atoms with Crippen molar-refractivity contribution in [2.75, 3.05) is 4.90 Å². The van der Waals surface area contributed by atoms with Gasteiger partial charge in [0, 0.05) is 0 Å². The highest BCUT2D eigenvalue weighted by Gasteiger charge is 2.67. The summed E-state index contributed by atoms with van der Waals surface area (Å²) in [5.74, 6) is -1.90. The maximum absolute atomic E-state index is 12.9. The van der Waals surface area contributed by atoms with Crippen molar-refractivity contribution in [1.29, 1.82) is 0 Å². The van der Waals surface area contributed by atoms with Crippen molar-refractivity contribution >= 4 is 23.5 Å². The largest absolute Gasteiger partial charge is 0.545 e. The summed E-state index contributed by atoms with van der Waals surface area (Å²) in [4.78, 5) is 37.8. The molecule has 1 saturated heterocycles. The summed E-state index contributed by atoms with van der Waals surface area (Å²) >= 11 is 0. The average molecular weight is 296 g/mol. The fourth-order valence-electron chi connectivity index (χ4n) is 4.32. The molecule has 2 fully saturated rings. The number of allylic oxidation sites excluding steroid dienone is 2. The zero-order chi connectivity index (χ0) is 15.6. The Bertz CT molecular complexity index is 753. The zero-order valence-electron chi connectivity index (χ0n) is 12.0. The van der Waals surface area contributed by atoms with Crippen molar-refractivity contribution in [3.8, 4) is 0 Å². The topological polar surface area (TPSA) is 77.5 Å². The van der Waals surface area contributed by atoms with Crippen LogP contribution in [0.15, 0.2) is 36.4 Å². The Morgan fingerprint density at radius 1 is 1.32 bits per heavy atom. The summed E-state index contributed by atoms with van der Waals surface area (Å²) in [6.45, 7) is 1.86. The van der Waals surface area contributed by atoms with Crippen LogP contribution in [0.2, 0.25) is 0 Å². The van der Waals surface area contributed by atoms with Gasteiger partial charge in [0.2, 0.25) is 11.8 Å². The van der Waals surface area contributed by atoms with Gasteiger partial charge in [0.05, 0.1) is 23.0 Å². The van der Waals surface area contributed by atoms with Gasteiger partial charge in [0.15, 0.2) is 0 Å². The minimum Gasteiger partial charge on any atom is -0.545 e. The van der Waals surface area contributed by atoms with E-state index in [0.29, 0.717) is 5.69 Å². The van der Waals surface area contributed by atoms with Gasteiger partial charge in [-0.1, -0.05) is 24.3 Å². The number of rotatable bonds is 2. The Morgan fingerprint density at radius 2 is 2.09 bits per heavy atom. The SMILES string of the molecule is C[C@]12C(=O)N(c3cccc(C(=O)[O-])c3)C(=O)[C@@H]1[C@@H]1C=C[C@H]2C1. The van der Waals surface area contributed by atoms with Gasteiger partial charge in [-0.2, -0.15) is 0 Å². The minimum absolute atomic E-state index is 0.0404. The van der Waals surface area contributed by atoms with E-state index in [1.807, 2.05) is 19.1 Å². The summed E-state index contributed by atoms with van der Waals surface area (Å²) in [5, 5.41) is 11.0. The normalized spacial score (nSPS) is 35.3. The number of carboxylic acid groups (broad SMARTS) is 1. The summed E-state index contributed by atoms with van der Waals surface area (Å²) in [6.07, 6.45) is 4.92. The molecule has 2 amide bonds. The first-order valence-corrected chi connectivity index (χ1v) is 7.32. The number of amides is 2. The standard InChI is InChI=1S/C17H15NO4/c1-17-11-6-5-9(7-11)13(17)14(19)18(16(17)22)12-4-2-3-10(8-12)15(20)21/h2-6,8-9,11,13H,7H2,1H3,(H,20,21)/p-1/t9-,11+,13+,17-/m1/s1. The molecule has 0 N–H and O–H groups in total. The van der Waals surface area contributed by atoms with E-state index in [2.05, 4.69) is 0 Å². The Balaban J connectivity index is 1.79. The van der Waals surface area contributed by atoms with Gasteiger partial charge in [-0.25, -0.2) is 4.90 Å². The van der Waals surface area contributed by atoms with Crippen LogP contribution >= 0.6 is 0 Å². The van der Waals surface area contributed by atoms with Crippen LogP contribution < -0.4 is 10.0 Å². The number of fused-ring (bicyclic) bond motifs is 5. The van der Waals surface area contributed by atoms with Crippen molar-refractivity contribution in [2.45, 2.75) is 13.3 Å². The van der Waals surface area contributed by atoms with Gasteiger partial charge in [-0.05, 0) is 42.9 Å². The highest BCUT2D eigenvalue weighted by molar-refractivity contribution is 6.24. The predicted octanol–water partition coefficient (Wildman–Crippen LogP) is 0.752. The van der Waals surface area contributed by atoms with E-state index in [1.54, 1.807) is 6.07 Å². The summed E-state index contributed by atoms with van der Waals surface area (Å²) in [7, 11) is 0. The average Bonchev–Trinajstić information content (AvgIpc) is 3.12. The lowest BCUT2D eigenvalue weighted by atomic mass is 9.71. The molecule has 112 valence electrons. The first-order valence-electron chi connectivity index (χ1n) is 7.32. The zero-order valence-corrected chi connectivity index (χ0v) is 12.0. The van der Waals surface area contributed by atoms with Gasteiger partial charge in [-0.15, -0.1) is 0 Å². The molecular formula is C17H14NO4-. The smallest absolute Gasteiger partial charge is 0.241 e. The third kappa shape index (κ3) is 1.41. The number of imide groups is 1. The molecule has 1 aromatic rings. The molecule has 3 aliphatic rings. The van der Waals surface area contributed by atoms with E-state index in [0.717, 1.165) is 11.3 Å². The van der Waals surface area contributed by atoms with Gasteiger partial charge >= 0.3 is 0 Å². The third-order valence-electron chi connectivity index (χ3n) is 5.45. The molecule has 22 heavy (non-hydrogen) atoms. The second kappa shape index (κ2) is 4.06. The van der Waals surface area contributed by atoms with Gasteiger partial charge in [0.1, 0.15) is 0 Å². The molecule has 4 atom stereocenters. The van der Waals surface area contributed by atoms with E-state index in [1.165, 1.54) is 18.2 Å². The number of carboxylic acids is 1. The number of carbonyl (C=O) groups is 3. The van der Waals surface area contributed by atoms with E-state index in [4.69, 9.17) is 0 Å². The monoisotopic (exact) mass is 296 g/mol. The molecule has 5 nitrogen and oxygen atoms in total. The number of nitrogens with zero attached hydrogens (tertiary/aromatic N) is 1. The first-order chi connectivity index (χ1) is 10.4. The molecule has 1 saturated carbocycles. The lowest BCUT2D eigenvalue weighted by Crippen LogP contribution is -2.37. The van der Waals surface area contributed by atoms with Crippen LogP contribution in [0, 0.1) is 23.2 Å². The Morgan fingerprint density at radius 3 is 2.77 bits per heavy atom. The molecule has 1 aromatic carbocycles. The van der Waals surface area contributed by atoms with Crippen LogP contribution in [0.5, 0.6) is 0 Å². The van der Waals surface area contributed by atoms with E-state index in [-0.39, 0.29) is 35.1 Å². The van der Waals surface area contributed by atoms with Crippen LogP contribution in [0.1, 0.15) is 23.7 Å². The van der Waals surface area contributed by atoms with E-state index in [9.17, 15) is 19.5 Å². The molecule has 0 spiro atoms. The van der Waals surface area contributed by atoms with Crippen LogP contribution in [0.4, 0.5) is 5.69 Å². The second-order valence-electron chi connectivity index (χ2n) is 6.47. The minimum atomic E-state index is -1.32. The number of hydrogen-bond acceptors (Lipinski definition) is 4. The predicted molar refractivity (Wildman–Crippen MR) is 75.6 cm³/mol. The van der Waals surface area contributed by atoms with Crippen molar-refractivity contribution in [1.82, 2.24) is 0 Å². The maximum Gasteiger partial charge on any atom is 0.241 e. The van der Waals surface area contributed by atoms with E-state index >= 15 is 0 Å². The fourth-order valence-corrected chi connectivity index (χ4v) is 4.32. The quantitative estimate of drug-likeness (QED) is 0.596. The Labute approximate surface area is 127 Å². The highest BCUT2D eigenvalue weighted by Crippen LogP contribution is 2.60. The van der Waals surface area contributed by atoms with Crippen LogP contribution in [0.3, 0.4) is 0 Å². The van der Waals surface area contributed by atoms with Gasteiger partial charge in [0.25, 0.3) is 0 Å². The van der Waals surface area contributed by atoms with Crippen molar-refractivity contribution < 1.29 is 19.5 Å². The van der Waals surface area contributed by atoms with Gasteiger partial charge < -0.3 is 9.90 Å². The lowest BCUT2D eigenvalue weighted by molar-refractivity contribution is -0.255. The summed E-state index contributed by atoms with van der Waals surface area (Å²) in [6, 6.07) is 5.81.